The largest absolute Gasteiger partial charge is 0.397 e. The van der Waals surface area contributed by atoms with Gasteiger partial charge in [-0.1, -0.05) is 6.07 Å². The van der Waals surface area contributed by atoms with E-state index < -0.39 is 0 Å². The minimum absolute atomic E-state index is 0.197. The fourth-order valence-electron chi connectivity index (χ4n) is 2.52. The standard InChI is InChI=1S/C17H17N3O2S/c1-8-4-5-11(6-9(8)2)19-16(22)15-14(18)13-10(3)7-12(21)20-17(13)23-15/h4-7H,18H2,1-3H3,(H,19,22)(H,20,21). The van der Waals surface area contributed by atoms with Crippen LogP contribution in [0.3, 0.4) is 0 Å². The molecule has 0 aliphatic heterocycles. The van der Waals surface area contributed by atoms with Crippen molar-refractivity contribution in [2.24, 2.45) is 0 Å². The third-order valence-electron chi connectivity index (χ3n) is 3.89. The van der Waals surface area contributed by atoms with Gasteiger partial charge in [-0.15, -0.1) is 11.3 Å². The Hall–Kier alpha value is -2.60. The van der Waals surface area contributed by atoms with Crippen molar-refractivity contribution >= 4 is 38.8 Å². The minimum Gasteiger partial charge on any atom is -0.397 e. The van der Waals surface area contributed by atoms with E-state index in [2.05, 4.69) is 10.3 Å². The number of fused-ring (bicyclic) bond motifs is 1. The Bertz CT molecular complexity index is 985. The summed E-state index contributed by atoms with van der Waals surface area (Å²) in [5.74, 6) is -0.271. The lowest BCUT2D eigenvalue weighted by atomic mass is 10.1. The molecule has 23 heavy (non-hydrogen) atoms. The summed E-state index contributed by atoms with van der Waals surface area (Å²) >= 11 is 1.19. The van der Waals surface area contributed by atoms with Gasteiger partial charge in [0.15, 0.2) is 0 Å². The molecule has 2 heterocycles. The van der Waals surface area contributed by atoms with Crippen LogP contribution in [0.4, 0.5) is 11.4 Å². The van der Waals surface area contributed by atoms with Crippen molar-refractivity contribution in [1.82, 2.24) is 4.98 Å². The number of carbonyl (C=O) groups excluding carboxylic acids is 1. The van der Waals surface area contributed by atoms with E-state index in [0.29, 0.717) is 15.4 Å². The third kappa shape index (κ3) is 2.73. The van der Waals surface area contributed by atoms with Gasteiger partial charge in [-0.05, 0) is 49.6 Å². The number of aryl methyl sites for hydroxylation is 3. The first-order valence-corrected chi connectivity index (χ1v) is 7.99. The van der Waals surface area contributed by atoms with E-state index in [-0.39, 0.29) is 11.5 Å². The van der Waals surface area contributed by atoms with Gasteiger partial charge >= 0.3 is 0 Å². The van der Waals surface area contributed by atoms with Crippen molar-refractivity contribution in [2.45, 2.75) is 20.8 Å². The molecule has 0 spiro atoms. The second-order valence-corrected chi connectivity index (χ2v) is 6.64. The molecule has 6 heteroatoms. The SMILES string of the molecule is Cc1ccc(NC(=O)c2sc3[nH]c(=O)cc(C)c3c2N)cc1C. The Morgan fingerprint density at radius 2 is 1.87 bits per heavy atom. The number of aromatic nitrogens is 1. The van der Waals surface area contributed by atoms with E-state index in [4.69, 9.17) is 5.73 Å². The number of rotatable bonds is 2. The summed E-state index contributed by atoms with van der Waals surface area (Å²) in [7, 11) is 0. The molecule has 4 N–H and O–H groups in total. The molecule has 0 bridgehead atoms. The number of hydrogen-bond donors (Lipinski definition) is 3. The van der Waals surface area contributed by atoms with Crippen LogP contribution in [0.25, 0.3) is 10.2 Å². The van der Waals surface area contributed by atoms with E-state index in [1.54, 1.807) is 0 Å². The molecule has 0 saturated carbocycles. The van der Waals surface area contributed by atoms with Gasteiger partial charge in [-0.3, -0.25) is 9.59 Å². The number of thiophene rings is 1. The molecule has 3 rings (SSSR count). The number of hydrogen-bond acceptors (Lipinski definition) is 4. The molecule has 3 aromatic rings. The number of H-pyrrole nitrogens is 1. The third-order valence-corrected chi connectivity index (χ3v) is 5.01. The number of pyridine rings is 1. The Morgan fingerprint density at radius 1 is 1.13 bits per heavy atom. The predicted octanol–water partition coefficient (Wildman–Crippen LogP) is 3.35. The maximum absolute atomic E-state index is 12.5. The van der Waals surface area contributed by atoms with E-state index >= 15 is 0 Å². The van der Waals surface area contributed by atoms with Gasteiger partial charge in [-0.25, -0.2) is 0 Å². The molecule has 5 nitrogen and oxygen atoms in total. The molecule has 0 aliphatic carbocycles. The zero-order valence-electron chi connectivity index (χ0n) is 13.1. The van der Waals surface area contributed by atoms with Gasteiger partial charge in [0.2, 0.25) is 5.56 Å². The predicted molar refractivity (Wildman–Crippen MR) is 95.5 cm³/mol. The van der Waals surface area contributed by atoms with Crippen LogP contribution >= 0.6 is 11.3 Å². The van der Waals surface area contributed by atoms with Crippen LogP contribution in [0.5, 0.6) is 0 Å². The van der Waals surface area contributed by atoms with Crippen molar-refractivity contribution in [3.05, 3.63) is 56.2 Å². The van der Waals surface area contributed by atoms with Crippen molar-refractivity contribution < 1.29 is 4.79 Å². The van der Waals surface area contributed by atoms with Crippen LogP contribution in [0.1, 0.15) is 26.4 Å². The highest BCUT2D eigenvalue weighted by Crippen LogP contribution is 2.34. The highest BCUT2D eigenvalue weighted by molar-refractivity contribution is 7.21. The molecular weight excluding hydrogens is 310 g/mol. The summed E-state index contributed by atoms with van der Waals surface area (Å²) in [6.07, 6.45) is 0. The van der Waals surface area contributed by atoms with Gasteiger partial charge < -0.3 is 16.0 Å². The van der Waals surface area contributed by atoms with Crippen molar-refractivity contribution in [3.8, 4) is 0 Å². The summed E-state index contributed by atoms with van der Waals surface area (Å²) < 4.78 is 0. The minimum atomic E-state index is -0.271. The van der Waals surface area contributed by atoms with E-state index in [1.807, 2.05) is 39.0 Å². The zero-order valence-corrected chi connectivity index (χ0v) is 13.9. The second kappa shape index (κ2) is 5.55. The monoisotopic (exact) mass is 327 g/mol. The van der Waals surface area contributed by atoms with Crippen LogP contribution in [0.2, 0.25) is 0 Å². The maximum atomic E-state index is 12.5. The molecule has 0 unspecified atom stereocenters. The van der Waals surface area contributed by atoms with Crippen LogP contribution in [0, 0.1) is 20.8 Å². The lowest BCUT2D eigenvalue weighted by molar-refractivity contribution is 0.103. The second-order valence-electron chi connectivity index (χ2n) is 5.62. The Kier molecular flexibility index (Phi) is 3.69. The van der Waals surface area contributed by atoms with Crippen molar-refractivity contribution in [2.75, 3.05) is 11.1 Å². The number of nitrogens with one attached hydrogen (secondary N) is 2. The van der Waals surface area contributed by atoms with Gasteiger partial charge in [0.05, 0.1) is 5.69 Å². The normalized spacial score (nSPS) is 10.9. The fourth-order valence-corrected chi connectivity index (χ4v) is 3.60. The fraction of sp³-hybridized carbons (Fsp3) is 0.176. The quantitative estimate of drug-likeness (QED) is 0.674. The van der Waals surface area contributed by atoms with E-state index in [9.17, 15) is 9.59 Å². The van der Waals surface area contributed by atoms with Gasteiger partial charge in [0, 0.05) is 17.1 Å². The average molecular weight is 327 g/mol. The number of nitrogen functional groups attached to an aromatic ring is 1. The molecule has 2 aromatic heterocycles. The summed E-state index contributed by atoms with van der Waals surface area (Å²) in [6.45, 7) is 5.82. The summed E-state index contributed by atoms with van der Waals surface area (Å²) in [6, 6.07) is 7.22. The number of nitrogens with two attached hydrogens (primary N) is 1. The molecule has 1 aromatic carbocycles. The lowest BCUT2D eigenvalue weighted by Gasteiger charge is -2.07. The molecule has 118 valence electrons. The van der Waals surface area contributed by atoms with Crippen molar-refractivity contribution in [3.63, 3.8) is 0 Å². The van der Waals surface area contributed by atoms with Crippen LogP contribution in [-0.2, 0) is 0 Å². The first kappa shape index (κ1) is 15.3. The number of aromatic amines is 1. The Morgan fingerprint density at radius 3 is 2.57 bits per heavy atom. The number of carbonyl (C=O) groups is 1. The molecule has 0 saturated heterocycles. The summed E-state index contributed by atoms with van der Waals surface area (Å²) in [4.78, 5) is 27.8. The summed E-state index contributed by atoms with van der Waals surface area (Å²) in [5, 5.41) is 3.60. The summed E-state index contributed by atoms with van der Waals surface area (Å²) in [5.41, 5.74) is 10.1. The van der Waals surface area contributed by atoms with E-state index in [1.165, 1.54) is 17.4 Å². The number of benzene rings is 1. The molecule has 0 atom stereocenters. The first-order valence-electron chi connectivity index (χ1n) is 7.17. The molecule has 0 radical (unpaired) electrons. The van der Waals surface area contributed by atoms with Crippen LogP contribution < -0.4 is 16.6 Å². The smallest absolute Gasteiger partial charge is 0.267 e. The number of anilines is 2. The maximum Gasteiger partial charge on any atom is 0.267 e. The van der Waals surface area contributed by atoms with Crippen LogP contribution in [-0.4, -0.2) is 10.9 Å². The van der Waals surface area contributed by atoms with Gasteiger partial charge in [0.25, 0.3) is 5.91 Å². The lowest BCUT2D eigenvalue weighted by Crippen LogP contribution is -2.12. The molecule has 0 fully saturated rings. The molecule has 1 amide bonds. The Balaban J connectivity index is 2.01. The Labute approximate surface area is 137 Å². The topological polar surface area (TPSA) is 88.0 Å². The average Bonchev–Trinajstić information content (AvgIpc) is 2.80. The van der Waals surface area contributed by atoms with Gasteiger partial charge in [-0.2, -0.15) is 0 Å². The molecule has 0 aliphatic rings. The number of amides is 1. The first-order chi connectivity index (χ1) is 10.9. The molecular formula is C17H17N3O2S. The van der Waals surface area contributed by atoms with Crippen molar-refractivity contribution in [1.29, 1.82) is 0 Å². The highest BCUT2D eigenvalue weighted by atomic mass is 32.1. The zero-order chi connectivity index (χ0) is 16.7. The van der Waals surface area contributed by atoms with Gasteiger partial charge in [0.1, 0.15) is 9.71 Å². The van der Waals surface area contributed by atoms with E-state index in [0.717, 1.165) is 27.8 Å². The van der Waals surface area contributed by atoms with Crippen LogP contribution in [0.15, 0.2) is 29.1 Å². The highest BCUT2D eigenvalue weighted by Gasteiger charge is 2.18.